The van der Waals surface area contributed by atoms with Crippen molar-refractivity contribution in [3.8, 4) is 5.75 Å². The van der Waals surface area contributed by atoms with Gasteiger partial charge in [-0.05, 0) is 29.0 Å². The maximum atomic E-state index is 11.7. The number of amides is 1. The highest BCUT2D eigenvalue weighted by molar-refractivity contribution is 5.78. The van der Waals surface area contributed by atoms with Crippen molar-refractivity contribution < 1.29 is 19.4 Å². The molecule has 0 saturated carbocycles. The van der Waals surface area contributed by atoms with Crippen LogP contribution in [0.3, 0.4) is 0 Å². The zero-order chi connectivity index (χ0) is 16.8. The van der Waals surface area contributed by atoms with E-state index in [1.165, 1.54) is 5.56 Å². The average molecular weight is 307 g/mol. The van der Waals surface area contributed by atoms with Gasteiger partial charge < -0.3 is 15.2 Å². The molecule has 0 aliphatic carbocycles. The molecule has 0 unspecified atom stereocenters. The number of carbonyl (C=O) groups excluding carboxylic acids is 1. The van der Waals surface area contributed by atoms with Gasteiger partial charge in [-0.1, -0.05) is 39.8 Å². The van der Waals surface area contributed by atoms with Crippen molar-refractivity contribution >= 4 is 11.9 Å². The molecular weight excluding hydrogens is 282 g/mol. The topological polar surface area (TPSA) is 75.6 Å². The number of aryl methyl sites for hydroxylation is 1. The van der Waals surface area contributed by atoms with Gasteiger partial charge >= 0.3 is 5.97 Å². The first-order valence-electron chi connectivity index (χ1n) is 7.48. The fraction of sp³-hybridized carbons (Fsp3) is 0.529. The molecular formula is C17H25NO4. The lowest BCUT2D eigenvalue weighted by atomic mass is 9.85. The number of nitrogens with one attached hydrogen (secondary N) is 1. The van der Waals surface area contributed by atoms with Gasteiger partial charge in [0.1, 0.15) is 5.75 Å². The van der Waals surface area contributed by atoms with Crippen LogP contribution in [0.1, 0.15) is 45.2 Å². The van der Waals surface area contributed by atoms with Gasteiger partial charge in [0.2, 0.25) is 0 Å². The number of rotatable bonds is 7. The standard InChI is InChI=1S/C17H25NO4/c1-5-12-6-7-14(13(10-12)17(2,3)4)22-11-15(19)18-9-8-16(20)21/h6-7,10H,5,8-9,11H2,1-4H3,(H,18,19)(H,20,21). The van der Waals surface area contributed by atoms with Gasteiger partial charge in [-0.2, -0.15) is 0 Å². The second-order valence-electron chi connectivity index (χ2n) is 6.22. The van der Waals surface area contributed by atoms with Gasteiger partial charge in [0.15, 0.2) is 6.61 Å². The first-order valence-corrected chi connectivity index (χ1v) is 7.48. The van der Waals surface area contributed by atoms with E-state index in [9.17, 15) is 9.59 Å². The number of ether oxygens (including phenoxy) is 1. The highest BCUT2D eigenvalue weighted by atomic mass is 16.5. The minimum absolute atomic E-state index is 0.0830. The molecule has 1 aromatic rings. The van der Waals surface area contributed by atoms with Gasteiger partial charge in [0.05, 0.1) is 6.42 Å². The third-order valence-electron chi connectivity index (χ3n) is 3.28. The molecule has 5 nitrogen and oxygen atoms in total. The molecule has 0 fully saturated rings. The minimum atomic E-state index is -0.939. The van der Waals surface area contributed by atoms with Crippen LogP contribution in [0.4, 0.5) is 0 Å². The third-order valence-corrected chi connectivity index (χ3v) is 3.28. The van der Waals surface area contributed by atoms with Crippen LogP contribution in [0.5, 0.6) is 5.75 Å². The summed E-state index contributed by atoms with van der Waals surface area (Å²) in [5, 5.41) is 11.0. The Labute approximate surface area is 131 Å². The lowest BCUT2D eigenvalue weighted by Crippen LogP contribution is -2.31. The molecule has 0 aromatic heterocycles. The lowest BCUT2D eigenvalue weighted by Gasteiger charge is -2.23. The lowest BCUT2D eigenvalue weighted by molar-refractivity contribution is -0.137. The Balaban J connectivity index is 2.69. The molecule has 122 valence electrons. The third kappa shape index (κ3) is 5.76. The molecule has 5 heteroatoms. The highest BCUT2D eigenvalue weighted by Gasteiger charge is 2.20. The van der Waals surface area contributed by atoms with Crippen molar-refractivity contribution in [2.24, 2.45) is 0 Å². The van der Waals surface area contributed by atoms with Gasteiger partial charge in [-0.15, -0.1) is 0 Å². The number of aliphatic carboxylic acids is 1. The van der Waals surface area contributed by atoms with Crippen LogP contribution >= 0.6 is 0 Å². The summed E-state index contributed by atoms with van der Waals surface area (Å²) < 4.78 is 5.62. The maximum absolute atomic E-state index is 11.7. The molecule has 1 aromatic carbocycles. The largest absolute Gasteiger partial charge is 0.483 e. The van der Waals surface area contributed by atoms with Crippen LogP contribution in [-0.4, -0.2) is 30.1 Å². The first-order chi connectivity index (χ1) is 10.2. The summed E-state index contributed by atoms with van der Waals surface area (Å²) in [6.07, 6.45) is 0.850. The number of carboxylic acids is 1. The van der Waals surface area contributed by atoms with E-state index in [2.05, 4.69) is 39.1 Å². The van der Waals surface area contributed by atoms with Crippen molar-refractivity contribution in [3.63, 3.8) is 0 Å². The van der Waals surface area contributed by atoms with E-state index in [4.69, 9.17) is 9.84 Å². The molecule has 0 saturated heterocycles. The van der Waals surface area contributed by atoms with Crippen LogP contribution < -0.4 is 10.1 Å². The van der Waals surface area contributed by atoms with E-state index in [1.807, 2.05) is 12.1 Å². The zero-order valence-corrected chi connectivity index (χ0v) is 13.7. The van der Waals surface area contributed by atoms with E-state index in [1.54, 1.807) is 0 Å². The molecule has 0 aliphatic heterocycles. The quantitative estimate of drug-likeness (QED) is 0.811. The van der Waals surface area contributed by atoms with Crippen LogP contribution in [0.25, 0.3) is 0 Å². The maximum Gasteiger partial charge on any atom is 0.305 e. The van der Waals surface area contributed by atoms with Crippen LogP contribution in [0, 0.1) is 0 Å². The Kier molecular flexibility index (Phi) is 6.40. The van der Waals surface area contributed by atoms with Gasteiger partial charge in [-0.25, -0.2) is 0 Å². The molecule has 1 amide bonds. The Morgan fingerprint density at radius 1 is 1.27 bits per heavy atom. The van der Waals surface area contributed by atoms with Crippen molar-refractivity contribution in [3.05, 3.63) is 29.3 Å². The SMILES string of the molecule is CCc1ccc(OCC(=O)NCCC(=O)O)c(C(C)(C)C)c1. The fourth-order valence-electron chi connectivity index (χ4n) is 2.01. The normalized spacial score (nSPS) is 11.1. The fourth-order valence-corrected chi connectivity index (χ4v) is 2.01. The summed E-state index contributed by atoms with van der Waals surface area (Å²) in [5.41, 5.74) is 2.20. The number of carboxylic acid groups (broad SMARTS) is 1. The molecule has 0 radical (unpaired) electrons. The molecule has 0 heterocycles. The van der Waals surface area contributed by atoms with Gasteiger partial charge in [0, 0.05) is 6.54 Å². The average Bonchev–Trinajstić information content (AvgIpc) is 2.43. The molecule has 22 heavy (non-hydrogen) atoms. The number of carbonyl (C=O) groups is 2. The van der Waals surface area contributed by atoms with Crippen molar-refractivity contribution in [2.75, 3.05) is 13.2 Å². The second kappa shape index (κ2) is 7.82. The predicted octanol–water partition coefficient (Wildman–Crippen LogP) is 2.52. The van der Waals surface area contributed by atoms with Crippen molar-refractivity contribution in [1.29, 1.82) is 0 Å². The van der Waals surface area contributed by atoms with Crippen LogP contribution in [0.15, 0.2) is 18.2 Å². The van der Waals surface area contributed by atoms with E-state index >= 15 is 0 Å². The Bertz CT molecular complexity index is 532. The first kappa shape index (κ1) is 18.0. The van der Waals surface area contributed by atoms with Gasteiger partial charge in [-0.3, -0.25) is 9.59 Å². The number of benzene rings is 1. The molecule has 2 N–H and O–H groups in total. The Morgan fingerprint density at radius 3 is 2.50 bits per heavy atom. The summed E-state index contributed by atoms with van der Waals surface area (Å²) in [7, 11) is 0. The predicted molar refractivity (Wildman–Crippen MR) is 85.3 cm³/mol. The van der Waals surface area contributed by atoms with Gasteiger partial charge in [0.25, 0.3) is 5.91 Å². The van der Waals surface area contributed by atoms with Crippen molar-refractivity contribution in [2.45, 2.75) is 46.0 Å². The minimum Gasteiger partial charge on any atom is -0.483 e. The summed E-state index contributed by atoms with van der Waals surface area (Å²) in [4.78, 5) is 22.0. The smallest absolute Gasteiger partial charge is 0.305 e. The Hall–Kier alpha value is -2.04. The van der Waals surface area contributed by atoms with Crippen LogP contribution in [0.2, 0.25) is 0 Å². The van der Waals surface area contributed by atoms with Crippen LogP contribution in [-0.2, 0) is 21.4 Å². The summed E-state index contributed by atoms with van der Waals surface area (Å²) in [5.74, 6) is -0.565. The summed E-state index contributed by atoms with van der Waals surface area (Å²) in [6.45, 7) is 8.38. The molecule has 0 aliphatic rings. The molecule has 0 bridgehead atoms. The monoisotopic (exact) mass is 307 g/mol. The van der Waals surface area contributed by atoms with E-state index in [0.717, 1.165) is 12.0 Å². The number of hydrogen-bond acceptors (Lipinski definition) is 3. The molecule has 0 spiro atoms. The highest BCUT2D eigenvalue weighted by Crippen LogP contribution is 2.32. The second-order valence-corrected chi connectivity index (χ2v) is 6.22. The van der Waals surface area contributed by atoms with E-state index in [0.29, 0.717) is 5.75 Å². The van der Waals surface area contributed by atoms with E-state index in [-0.39, 0.29) is 30.9 Å². The van der Waals surface area contributed by atoms with E-state index < -0.39 is 5.97 Å². The molecule has 0 atom stereocenters. The molecule has 1 rings (SSSR count). The summed E-state index contributed by atoms with van der Waals surface area (Å²) in [6, 6.07) is 5.99. The zero-order valence-electron chi connectivity index (χ0n) is 13.7. The Morgan fingerprint density at radius 2 is 1.95 bits per heavy atom. The van der Waals surface area contributed by atoms with Crippen molar-refractivity contribution in [1.82, 2.24) is 5.32 Å². The summed E-state index contributed by atoms with van der Waals surface area (Å²) >= 11 is 0. The number of hydrogen-bond donors (Lipinski definition) is 2.